The van der Waals surface area contributed by atoms with E-state index in [4.69, 9.17) is 24.9 Å². The Morgan fingerprint density at radius 3 is 2.62 bits per heavy atom. The number of benzene rings is 1. The highest BCUT2D eigenvalue weighted by Gasteiger charge is 2.23. The van der Waals surface area contributed by atoms with Gasteiger partial charge in [-0.2, -0.15) is 9.97 Å². The maximum Gasteiger partial charge on any atom is 0.320 e. The van der Waals surface area contributed by atoms with Crippen LogP contribution in [-0.4, -0.2) is 26.1 Å². The lowest BCUT2D eigenvalue weighted by molar-refractivity contribution is 0.287. The summed E-state index contributed by atoms with van der Waals surface area (Å²) >= 11 is 0. The third kappa shape index (κ3) is 4.47. The summed E-state index contributed by atoms with van der Waals surface area (Å²) in [5.41, 5.74) is 8.89. The molecule has 3 aromatic heterocycles. The summed E-state index contributed by atoms with van der Waals surface area (Å²) in [5.74, 6) is 2.39. The normalized spacial score (nSPS) is 14.8. The van der Waals surface area contributed by atoms with Crippen LogP contribution >= 0.6 is 0 Å². The van der Waals surface area contributed by atoms with Gasteiger partial charge in [-0.1, -0.05) is 49.6 Å². The third-order valence-electron chi connectivity index (χ3n) is 6.19. The average molecular weight is 432 g/mol. The molecule has 1 saturated carbocycles. The Morgan fingerprint density at radius 2 is 1.84 bits per heavy atom. The van der Waals surface area contributed by atoms with Crippen LogP contribution in [0.1, 0.15) is 44.1 Å². The summed E-state index contributed by atoms with van der Waals surface area (Å²) in [6.45, 7) is 1.37. The van der Waals surface area contributed by atoms with Gasteiger partial charge in [-0.25, -0.2) is 4.98 Å². The van der Waals surface area contributed by atoms with E-state index in [0.717, 1.165) is 25.2 Å². The van der Waals surface area contributed by atoms with Gasteiger partial charge in [-0.3, -0.25) is 0 Å². The minimum Gasteiger partial charge on any atom is -0.463 e. The molecule has 1 aliphatic rings. The molecule has 1 fully saturated rings. The number of nitrogens with zero attached hydrogens (tertiary/aromatic N) is 4. The molecule has 0 radical (unpaired) electrons. The Kier molecular flexibility index (Phi) is 6.05. The Bertz CT molecular complexity index is 1150. The zero-order valence-electron chi connectivity index (χ0n) is 18.2. The van der Waals surface area contributed by atoms with Gasteiger partial charge in [0.05, 0.1) is 12.9 Å². The Morgan fingerprint density at radius 1 is 1.00 bits per heavy atom. The second-order valence-electron chi connectivity index (χ2n) is 8.53. The molecule has 2 N–H and O–H groups in total. The van der Waals surface area contributed by atoms with Crippen LogP contribution in [0, 0.1) is 5.92 Å². The zero-order chi connectivity index (χ0) is 21.8. The van der Waals surface area contributed by atoms with Gasteiger partial charge < -0.3 is 19.5 Å². The molecule has 0 aliphatic heterocycles. The van der Waals surface area contributed by atoms with Gasteiger partial charge in [0.25, 0.3) is 0 Å². The molecule has 0 bridgehead atoms. The van der Waals surface area contributed by atoms with Crippen molar-refractivity contribution in [2.24, 2.45) is 5.92 Å². The molecule has 7 heteroatoms. The smallest absolute Gasteiger partial charge is 0.320 e. The molecule has 0 unspecified atom stereocenters. The quantitative estimate of drug-likeness (QED) is 0.383. The van der Waals surface area contributed by atoms with Crippen LogP contribution in [0.4, 0.5) is 5.82 Å². The molecule has 7 nitrogen and oxygen atoms in total. The van der Waals surface area contributed by atoms with Crippen LogP contribution in [0.25, 0.3) is 22.7 Å². The third-order valence-corrected chi connectivity index (χ3v) is 6.19. The number of furan rings is 1. The van der Waals surface area contributed by atoms with Crippen LogP contribution in [0.3, 0.4) is 0 Å². The molecule has 166 valence electrons. The topological polar surface area (TPSA) is 92.0 Å². The molecule has 0 amide bonds. The van der Waals surface area contributed by atoms with Gasteiger partial charge in [0.1, 0.15) is 0 Å². The number of aromatic nitrogens is 4. The first-order chi connectivity index (χ1) is 15.8. The van der Waals surface area contributed by atoms with E-state index in [-0.39, 0.29) is 0 Å². The molecule has 3 heterocycles. The van der Waals surface area contributed by atoms with E-state index in [1.54, 1.807) is 6.26 Å². The summed E-state index contributed by atoms with van der Waals surface area (Å²) in [7, 11) is 0. The molecule has 32 heavy (non-hydrogen) atoms. The molecule has 0 saturated heterocycles. The number of ether oxygens (including phenoxy) is 1. The lowest BCUT2D eigenvalue weighted by Gasteiger charge is -2.22. The van der Waals surface area contributed by atoms with Crippen LogP contribution in [-0.2, 0) is 13.0 Å². The van der Waals surface area contributed by atoms with Crippen molar-refractivity contribution in [3.8, 4) is 17.6 Å². The van der Waals surface area contributed by atoms with Crippen LogP contribution in [0.15, 0.2) is 53.1 Å². The minimum absolute atomic E-state index is 0.304. The lowest BCUT2D eigenvalue weighted by Crippen LogP contribution is -2.15. The summed E-state index contributed by atoms with van der Waals surface area (Å²) in [5, 5.41) is 0. The molecular weight excluding hydrogens is 402 g/mol. The van der Waals surface area contributed by atoms with Crippen molar-refractivity contribution in [1.82, 2.24) is 19.5 Å². The Hall–Kier alpha value is -3.35. The molecular formula is C25H29N5O2. The minimum atomic E-state index is 0.304. The highest BCUT2D eigenvalue weighted by Crippen LogP contribution is 2.32. The first kappa shape index (κ1) is 20.5. The van der Waals surface area contributed by atoms with Crippen molar-refractivity contribution in [3.05, 3.63) is 54.3 Å². The standard InChI is InChI=1S/C25H29N5O2/c26-22-21-24(29-25(28-22)32-16-7-13-18-9-3-1-4-10-18)30(17-19-11-5-2-6-12-19)23(27-21)20-14-8-15-31-20/h1,3-4,8-10,14-15,19H,2,5-7,11-13,16-17H2,(H2,26,28,29). The summed E-state index contributed by atoms with van der Waals surface area (Å²) in [6, 6.07) is 14.5. The predicted molar refractivity (Wildman–Crippen MR) is 124 cm³/mol. The molecule has 0 atom stereocenters. The van der Waals surface area contributed by atoms with Crippen molar-refractivity contribution in [2.45, 2.75) is 51.5 Å². The van der Waals surface area contributed by atoms with Gasteiger partial charge in [-0.15, -0.1) is 0 Å². The Labute approximate surface area is 187 Å². The fourth-order valence-electron chi connectivity index (χ4n) is 4.54. The number of fused-ring (bicyclic) bond motifs is 1. The van der Waals surface area contributed by atoms with E-state index in [0.29, 0.717) is 41.3 Å². The number of aryl methyl sites for hydroxylation is 1. The second-order valence-corrected chi connectivity index (χ2v) is 8.53. The average Bonchev–Trinajstić information content (AvgIpc) is 3.47. The van der Waals surface area contributed by atoms with Crippen LogP contribution in [0.5, 0.6) is 6.01 Å². The molecule has 1 aliphatic carbocycles. The van der Waals surface area contributed by atoms with Crippen molar-refractivity contribution in [2.75, 3.05) is 12.3 Å². The van der Waals surface area contributed by atoms with E-state index >= 15 is 0 Å². The highest BCUT2D eigenvalue weighted by molar-refractivity contribution is 5.85. The molecule has 5 rings (SSSR count). The Balaban J connectivity index is 1.40. The fraction of sp³-hybridized carbons (Fsp3) is 0.400. The van der Waals surface area contributed by atoms with Crippen molar-refractivity contribution in [3.63, 3.8) is 0 Å². The van der Waals surface area contributed by atoms with Gasteiger partial charge >= 0.3 is 6.01 Å². The van der Waals surface area contributed by atoms with E-state index in [9.17, 15) is 0 Å². The predicted octanol–water partition coefficient (Wildman–Crippen LogP) is 5.26. The van der Waals surface area contributed by atoms with Gasteiger partial charge in [0.2, 0.25) is 0 Å². The van der Waals surface area contributed by atoms with E-state index in [1.165, 1.54) is 37.7 Å². The van der Waals surface area contributed by atoms with Gasteiger partial charge in [0, 0.05) is 6.54 Å². The fourth-order valence-corrected chi connectivity index (χ4v) is 4.54. The SMILES string of the molecule is Nc1nc(OCCCc2ccccc2)nc2c1nc(-c1ccco1)n2CC1CCCCC1. The van der Waals surface area contributed by atoms with Crippen LogP contribution in [0.2, 0.25) is 0 Å². The van der Waals surface area contributed by atoms with Crippen molar-refractivity contribution in [1.29, 1.82) is 0 Å². The lowest BCUT2D eigenvalue weighted by atomic mass is 9.89. The highest BCUT2D eigenvalue weighted by atomic mass is 16.5. The number of nitrogens with two attached hydrogens (primary N) is 1. The van der Waals surface area contributed by atoms with Gasteiger partial charge in [-0.05, 0) is 49.3 Å². The number of hydrogen-bond donors (Lipinski definition) is 1. The van der Waals surface area contributed by atoms with Gasteiger partial charge in [0.15, 0.2) is 28.6 Å². The zero-order valence-corrected chi connectivity index (χ0v) is 18.2. The van der Waals surface area contributed by atoms with E-state index in [2.05, 4.69) is 33.8 Å². The number of imidazole rings is 1. The maximum atomic E-state index is 6.28. The van der Waals surface area contributed by atoms with Crippen molar-refractivity contribution < 1.29 is 9.15 Å². The first-order valence-corrected chi connectivity index (χ1v) is 11.5. The molecule has 0 spiro atoms. The molecule has 4 aromatic rings. The number of hydrogen-bond acceptors (Lipinski definition) is 6. The number of nitrogen functional groups attached to an aromatic ring is 1. The summed E-state index contributed by atoms with van der Waals surface area (Å²) in [6.07, 6.45) is 9.81. The monoisotopic (exact) mass is 431 g/mol. The summed E-state index contributed by atoms with van der Waals surface area (Å²) in [4.78, 5) is 13.8. The van der Waals surface area contributed by atoms with Crippen molar-refractivity contribution >= 4 is 17.0 Å². The molecule has 1 aromatic carbocycles. The number of anilines is 1. The van der Waals surface area contributed by atoms with E-state index < -0.39 is 0 Å². The second kappa shape index (κ2) is 9.42. The van der Waals surface area contributed by atoms with Crippen LogP contribution < -0.4 is 10.5 Å². The largest absolute Gasteiger partial charge is 0.463 e. The van der Waals surface area contributed by atoms with E-state index in [1.807, 2.05) is 18.2 Å². The maximum absolute atomic E-state index is 6.28. The number of rotatable bonds is 8. The summed E-state index contributed by atoms with van der Waals surface area (Å²) < 4.78 is 13.7. The first-order valence-electron chi connectivity index (χ1n) is 11.5.